The Kier molecular flexibility index (Phi) is 3.53. The van der Waals surface area contributed by atoms with Crippen molar-refractivity contribution in [1.82, 2.24) is 9.97 Å². The van der Waals surface area contributed by atoms with Crippen molar-refractivity contribution < 1.29 is 9.47 Å². The summed E-state index contributed by atoms with van der Waals surface area (Å²) in [5.41, 5.74) is 9.25. The molecule has 0 unspecified atom stereocenters. The first-order valence-electron chi connectivity index (χ1n) is 5.66. The Labute approximate surface area is 106 Å². The number of nitrogens with two attached hydrogens (primary N) is 1. The Morgan fingerprint density at radius 3 is 2.56 bits per heavy atom. The van der Waals surface area contributed by atoms with Crippen molar-refractivity contribution in [2.24, 2.45) is 5.73 Å². The van der Waals surface area contributed by atoms with Crippen molar-refractivity contribution in [2.45, 2.75) is 13.5 Å². The molecule has 5 heteroatoms. The minimum Gasteiger partial charge on any atom is -0.496 e. The van der Waals surface area contributed by atoms with Gasteiger partial charge in [0.05, 0.1) is 31.9 Å². The summed E-state index contributed by atoms with van der Waals surface area (Å²) in [6.07, 6.45) is 1.63. The third-order valence-electron chi connectivity index (χ3n) is 2.89. The second-order valence-electron chi connectivity index (χ2n) is 3.96. The van der Waals surface area contributed by atoms with Gasteiger partial charge in [0, 0.05) is 12.1 Å². The van der Waals surface area contributed by atoms with Crippen molar-refractivity contribution in [3.63, 3.8) is 0 Å². The summed E-state index contributed by atoms with van der Waals surface area (Å²) < 4.78 is 10.7. The van der Waals surface area contributed by atoms with Crippen LogP contribution in [0, 0.1) is 6.92 Å². The van der Waals surface area contributed by atoms with Gasteiger partial charge in [0.1, 0.15) is 11.5 Å². The largest absolute Gasteiger partial charge is 0.496 e. The first-order chi connectivity index (χ1) is 8.71. The second kappa shape index (κ2) is 5.10. The lowest BCUT2D eigenvalue weighted by Gasteiger charge is -2.12. The highest BCUT2D eigenvalue weighted by molar-refractivity contribution is 5.72. The Morgan fingerprint density at radius 2 is 1.94 bits per heavy atom. The molecule has 0 radical (unpaired) electrons. The molecule has 0 fully saturated rings. The fraction of sp³-hybridized carbons (Fsp3) is 0.308. The van der Waals surface area contributed by atoms with Crippen molar-refractivity contribution in [3.05, 3.63) is 29.7 Å². The van der Waals surface area contributed by atoms with E-state index in [-0.39, 0.29) is 0 Å². The van der Waals surface area contributed by atoms with Gasteiger partial charge in [-0.15, -0.1) is 0 Å². The molecule has 0 saturated heterocycles. The molecule has 96 valence electrons. The molecule has 0 amide bonds. The topological polar surface area (TPSA) is 73.2 Å². The molecular weight excluding hydrogens is 230 g/mol. The number of aryl methyl sites for hydroxylation is 1. The van der Waals surface area contributed by atoms with Crippen LogP contribution in [0.25, 0.3) is 11.3 Å². The number of methoxy groups -OCH3 is 2. The first kappa shape index (κ1) is 12.4. The average molecular weight is 247 g/mol. The number of rotatable bonds is 4. The van der Waals surface area contributed by atoms with Crippen molar-refractivity contribution in [2.75, 3.05) is 14.2 Å². The van der Waals surface area contributed by atoms with Gasteiger partial charge in [-0.3, -0.25) is 0 Å². The lowest BCUT2D eigenvalue weighted by molar-refractivity contribution is 0.401. The summed E-state index contributed by atoms with van der Waals surface area (Å²) in [4.78, 5) is 7.32. The van der Waals surface area contributed by atoms with Crippen LogP contribution in [0.4, 0.5) is 0 Å². The van der Waals surface area contributed by atoms with Crippen LogP contribution in [0.3, 0.4) is 0 Å². The number of benzene rings is 1. The number of imidazole rings is 1. The molecule has 0 aliphatic rings. The van der Waals surface area contributed by atoms with E-state index in [9.17, 15) is 0 Å². The standard InChI is InChI=1S/C13H17N3O2/c1-8-4-12(18-3)9(5-11(8)17-2)13-10(6-14)15-7-16-13/h4-5,7H,6,14H2,1-3H3,(H,15,16). The lowest BCUT2D eigenvalue weighted by atomic mass is 10.1. The highest BCUT2D eigenvalue weighted by atomic mass is 16.5. The van der Waals surface area contributed by atoms with Crippen molar-refractivity contribution in [3.8, 4) is 22.8 Å². The zero-order chi connectivity index (χ0) is 13.1. The van der Waals surface area contributed by atoms with E-state index in [4.69, 9.17) is 15.2 Å². The monoisotopic (exact) mass is 247 g/mol. The zero-order valence-corrected chi connectivity index (χ0v) is 10.8. The lowest BCUT2D eigenvalue weighted by Crippen LogP contribution is -2.00. The van der Waals surface area contributed by atoms with Gasteiger partial charge < -0.3 is 20.2 Å². The minimum absolute atomic E-state index is 0.397. The van der Waals surface area contributed by atoms with Crippen LogP contribution in [0.1, 0.15) is 11.3 Å². The van der Waals surface area contributed by atoms with Crippen LogP contribution in [0.2, 0.25) is 0 Å². The summed E-state index contributed by atoms with van der Waals surface area (Å²) >= 11 is 0. The smallest absolute Gasteiger partial charge is 0.128 e. The molecule has 0 atom stereocenters. The maximum Gasteiger partial charge on any atom is 0.128 e. The maximum absolute atomic E-state index is 5.68. The third-order valence-corrected chi connectivity index (χ3v) is 2.89. The van der Waals surface area contributed by atoms with Gasteiger partial charge in [-0.25, -0.2) is 4.98 Å². The Hall–Kier alpha value is -2.01. The van der Waals surface area contributed by atoms with Gasteiger partial charge >= 0.3 is 0 Å². The Morgan fingerprint density at radius 1 is 1.22 bits per heavy atom. The summed E-state index contributed by atoms with van der Waals surface area (Å²) in [6, 6.07) is 3.85. The SMILES string of the molecule is COc1cc(-c2nc[nH]c2CN)c(OC)cc1C. The van der Waals surface area contributed by atoms with E-state index in [1.165, 1.54) is 0 Å². The Bertz CT molecular complexity index is 549. The van der Waals surface area contributed by atoms with Crippen LogP contribution in [-0.2, 0) is 6.54 Å². The number of aromatic amines is 1. The van der Waals surface area contributed by atoms with Gasteiger partial charge in [0.25, 0.3) is 0 Å². The molecule has 2 aromatic rings. The van der Waals surface area contributed by atoms with E-state index in [2.05, 4.69) is 9.97 Å². The van der Waals surface area contributed by atoms with E-state index < -0.39 is 0 Å². The highest BCUT2D eigenvalue weighted by Crippen LogP contribution is 2.35. The van der Waals surface area contributed by atoms with E-state index in [0.717, 1.165) is 34.0 Å². The molecule has 5 nitrogen and oxygen atoms in total. The molecule has 3 N–H and O–H groups in total. The molecule has 1 heterocycles. The van der Waals surface area contributed by atoms with Crippen LogP contribution in [0.5, 0.6) is 11.5 Å². The van der Waals surface area contributed by atoms with E-state index in [1.54, 1.807) is 20.5 Å². The van der Waals surface area contributed by atoms with Crippen molar-refractivity contribution >= 4 is 0 Å². The highest BCUT2D eigenvalue weighted by Gasteiger charge is 2.15. The van der Waals surface area contributed by atoms with Gasteiger partial charge in [0.15, 0.2) is 0 Å². The molecule has 2 rings (SSSR count). The molecular formula is C13H17N3O2. The summed E-state index contributed by atoms with van der Waals surface area (Å²) in [5.74, 6) is 1.56. The van der Waals surface area contributed by atoms with Gasteiger partial charge in [0.2, 0.25) is 0 Å². The van der Waals surface area contributed by atoms with E-state index in [0.29, 0.717) is 6.54 Å². The number of hydrogen-bond donors (Lipinski definition) is 2. The van der Waals surface area contributed by atoms with Gasteiger partial charge in [-0.2, -0.15) is 0 Å². The summed E-state index contributed by atoms with van der Waals surface area (Å²) in [5, 5.41) is 0. The number of aromatic nitrogens is 2. The maximum atomic E-state index is 5.68. The van der Waals surface area contributed by atoms with Crippen molar-refractivity contribution in [1.29, 1.82) is 0 Å². The minimum atomic E-state index is 0.397. The average Bonchev–Trinajstić information content (AvgIpc) is 2.86. The molecule has 0 aliphatic carbocycles. The summed E-state index contributed by atoms with van der Waals surface area (Å²) in [6.45, 7) is 2.37. The molecule has 1 aromatic carbocycles. The van der Waals surface area contributed by atoms with Gasteiger partial charge in [-0.1, -0.05) is 0 Å². The predicted octanol–water partition coefficient (Wildman–Crippen LogP) is 1.86. The number of nitrogens with zero attached hydrogens (tertiary/aromatic N) is 1. The van der Waals surface area contributed by atoms with Crippen LogP contribution >= 0.6 is 0 Å². The second-order valence-corrected chi connectivity index (χ2v) is 3.96. The molecule has 1 aromatic heterocycles. The number of hydrogen-bond acceptors (Lipinski definition) is 4. The summed E-state index contributed by atoms with van der Waals surface area (Å²) in [7, 11) is 3.28. The predicted molar refractivity (Wildman–Crippen MR) is 69.8 cm³/mol. The third kappa shape index (κ3) is 2.04. The van der Waals surface area contributed by atoms with Crippen LogP contribution in [-0.4, -0.2) is 24.2 Å². The van der Waals surface area contributed by atoms with Crippen LogP contribution in [0.15, 0.2) is 18.5 Å². The fourth-order valence-corrected chi connectivity index (χ4v) is 1.94. The van der Waals surface area contributed by atoms with E-state index in [1.807, 2.05) is 19.1 Å². The molecule has 0 saturated carbocycles. The first-order valence-corrected chi connectivity index (χ1v) is 5.66. The number of H-pyrrole nitrogens is 1. The van der Waals surface area contributed by atoms with Crippen LogP contribution < -0.4 is 15.2 Å². The zero-order valence-electron chi connectivity index (χ0n) is 10.8. The normalized spacial score (nSPS) is 10.4. The van der Waals surface area contributed by atoms with E-state index >= 15 is 0 Å². The quantitative estimate of drug-likeness (QED) is 0.865. The molecule has 0 bridgehead atoms. The number of nitrogens with one attached hydrogen (secondary N) is 1. The Balaban J connectivity index is 2.62. The number of ether oxygens (including phenoxy) is 2. The molecule has 0 aliphatic heterocycles. The molecule has 18 heavy (non-hydrogen) atoms. The fourth-order valence-electron chi connectivity index (χ4n) is 1.94. The molecule has 0 spiro atoms. The van der Waals surface area contributed by atoms with Gasteiger partial charge in [-0.05, 0) is 24.6 Å².